The molecule has 0 unspecified atom stereocenters. The number of benzene rings is 1. The third kappa shape index (κ3) is 3.41. The first-order chi connectivity index (χ1) is 12.3. The third-order valence-electron chi connectivity index (χ3n) is 5.13. The second-order valence-electron chi connectivity index (χ2n) is 7.66. The zero-order valence-corrected chi connectivity index (χ0v) is 16.0. The van der Waals surface area contributed by atoms with E-state index in [9.17, 15) is 9.59 Å². The van der Waals surface area contributed by atoms with E-state index >= 15 is 0 Å². The van der Waals surface area contributed by atoms with Gasteiger partial charge < -0.3 is 19.9 Å². The molecule has 2 aliphatic rings. The molecule has 0 radical (unpaired) electrons. The molecule has 2 atom stereocenters. The van der Waals surface area contributed by atoms with Crippen molar-refractivity contribution in [2.75, 3.05) is 59.3 Å². The molecule has 7 nitrogen and oxygen atoms in total. The molecule has 1 aromatic rings. The van der Waals surface area contributed by atoms with Crippen LogP contribution < -0.4 is 10.2 Å². The summed E-state index contributed by atoms with van der Waals surface area (Å²) in [7, 11) is 7.45. The lowest BCUT2D eigenvalue weighted by Crippen LogP contribution is -2.43. The molecule has 2 heterocycles. The number of hydrogen-bond donors (Lipinski definition) is 1. The molecular weight excluding hydrogens is 332 g/mol. The molecule has 0 bridgehead atoms. The lowest BCUT2D eigenvalue weighted by molar-refractivity contribution is -0.130. The number of rotatable bonds is 4. The van der Waals surface area contributed by atoms with Crippen molar-refractivity contribution < 1.29 is 14.3 Å². The van der Waals surface area contributed by atoms with Gasteiger partial charge in [-0.3, -0.25) is 9.69 Å². The van der Waals surface area contributed by atoms with Crippen LogP contribution in [0.15, 0.2) is 24.3 Å². The molecule has 3 amide bonds. The van der Waals surface area contributed by atoms with Gasteiger partial charge in [0, 0.05) is 44.8 Å². The van der Waals surface area contributed by atoms with Crippen molar-refractivity contribution in [2.45, 2.75) is 17.9 Å². The Balaban J connectivity index is 1.75. The van der Waals surface area contributed by atoms with Gasteiger partial charge >= 0.3 is 6.03 Å². The SMILES string of the molecule is CN(C)CCNC(=O)[C@H]1C[C@@]2(CO1)CN(C(=O)N(C)C)c1ccccc12. The van der Waals surface area contributed by atoms with Crippen molar-refractivity contribution in [3.63, 3.8) is 0 Å². The number of fused-ring (bicyclic) bond motifs is 2. The highest BCUT2D eigenvalue weighted by Crippen LogP contribution is 2.47. The Bertz CT molecular complexity index is 691. The maximum Gasteiger partial charge on any atom is 0.323 e. The Hall–Kier alpha value is -2.12. The van der Waals surface area contributed by atoms with Gasteiger partial charge in [-0.25, -0.2) is 4.79 Å². The highest BCUT2D eigenvalue weighted by Gasteiger charge is 2.51. The van der Waals surface area contributed by atoms with E-state index in [1.807, 2.05) is 43.3 Å². The van der Waals surface area contributed by atoms with Gasteiger partial charge in [0.15, 0.2) is 0 Å². The van der Waals surface area contributed by atoms with Crippen molar-refractivity contribution in [1.82, 2.24) is 15.1 Å². The van der Waals surface area contributed by atoms with Gasteiger partial charge in [0.25, 0.3) is 0 Å². The van der Waals surface area contributed by atoms with E-state index < -0.39 is 6.10 Å². The summed E-state index contributed by atoms with van der Waals surface area (Å²) in [5.74, 6) is -0.0707. The topological polar surface area (TPSA) is 65.1 Å². The van der Waals surface area contributed by atoms with Crippen LogP contribution >= 0.6 is 0 Å². The standard InChI is InChI=1S/C19H28N4O3/c1-21(2)10-9-20-17(24)16-11-19(13-26-16)12-23(18(25)22(3)4)15-8-6-5-7-14(15)19/h5-8,16H,9-13H2,1-4H3,(H,20,24)/t16-,19+/m1/s1. The molecule has 1 fully saturated rings. The molecule has 26 heavy (non-hydrogen) atoms. The number of amides is 3. The number of nitrogens with one attached hydrogen (secondary N) is 1. The van der Waals surface area contributed by atoms with Crippen molar-refractivity contribution in [2.24, 2.45) is 0 Å². The number of carbonyl (C=O) groups excluding carboxylic acids is 2. The molecule has 1 aromatic carbocycles. The third-order valence-corrected chi connectivity index (χ3v) is 5.13. The molecule has 0 aromatic heterocycles. The van der Waals surface area contributed by atoms with Gasteiger partial charge in [0.2, 0.25) is 5.91 Å². The van der Waals surface area contributed by atoms with Crippen molar-refractivity contribution in [3.8, 4) is 0 Å². The van der Waals surface area contributed by atoms with Gasteiger partial charge in [-0.2, -0.15) is 0 Å². The highest BCUT2D eigenvalue weighted by atomic mass is 16.5. The molecule has 0 aliphatic carbocycles. The average Bonchev–Trinajstić information content (AvgIpc) is 3.17. The molecule has 1 spiro atoms. The van der Waals surface area contributed by atoms with Gasteiger partial charge in [0.05, 0.1) is 6.61 Å². The number of nitrogens with zero attached hydrogens (tertiary/aromatic N) is 3. The van der Waals surface area contributed by atoms with Gasteiger partial charge in [0.1, 0.15) is 6.10 Å². The summed E-state index contributed by atoms with van der Waals surface area (Å²) in [6, 6.07) is 7.89. The normalized spacial score (nSPS) is 24.2. The number of ether oxygens (including phenoxy) is 1. The number of urea groups is 1. The summed E-state index contributed by atoms with van der Waals surface area (Å²) in [5.41, 5.74) is 1.70. The quantitative estimate of drug-likeness (QED) is 0.866. The van der Waals surface area contributed by atoms with Crippen LogP contribution in [0.3, 0.4) is 0 Å². The minimum atomic E-state index is -0.473. The molecule has 7 heteroatoms. The van der Waals surface area contributed by atoms with E-state index in [-0.39, 0.29) is 17.4 Å². The molecule has 1 N–H and O–H groups in total. The first-order valence-electron chi connectivity index (χ1n) is 8.96. The van der Waals surface area contributed by atoms with Crippen LogP contribution in [0.5, 0.6) is 0 Å². The van der Waals surface area contributed by atoms with Gasteiger partial charge in [-0.05, 0) is 32.1 Å². The summed E-state index contributed by atoms with van der Waals surface area (Å²) in [5, 5.41) is 2.94. The van der Waals surface area contributed by atoms with Crippen LogP contribution in [0.4, 0.5) is 10.5 Å². The maximum absolute atomic E-state index is 12.6. The summed E-state index contributed by atoms with van der Waals surface area (Å²) >= 11 is 0. The van der Waals surface area contributed by atoms with E-state index in [1.165, 1.54) is 0 Å². The lowest BCUT2D eigenvalue weighted by Gasteiger charge is -2.25. The Morgan fingerprint density at radius 3 is 2.69 bits per heavy atom. The first-order valence-corrected chi connectivity index (χ1v) is 8.96. The van der Waals surface area contributed by atoms with Crippen LogP contribution in [-0.4, -0.2) is 82.3 Å². The Kier molecular flexibility index (Phi) is 5.20. The predicted octanol–water partition coefficient (Wildman–Crippen LogP) is 0.893. The summed E-state index contributed by atoms with van der Waals surface area (Å²) in [4.78, 5) is 30.5. The van der Waals surface area contributed by atoms with E-state index in [1.54, 1.807) is 23.9 Å². The summed E-state index contributed by atoms with van der Waals surface area (Å²) in [6.07, 6.45) is 0.120. The van der Waals surface area contributed by atoms with E-state index in [0.29, 0.717) is 26.1 Å². The Labute approximate surface area is 154 Å². The molecule has 142 valence electrons. The molecule has 3 rings (SSSR count). The summed E-state index contributed by atoms with van der Waals surface area (Å²) < 4.78 is 5.88. The van der Waals surface area contributed by atoms with Gasteiger partial charge in [-0.1, -0.05) is 18.2 Å². The number of anilines is 1. The predicted molar refractivity (Wildman–Crippen MR) is 100 cm³/mol. The average molecular weight is 360 g/mol. The van der Waals surface area contributed by atoms with E-state index in [2.05, 4.69) is 5.32 Å². The molecular formula is C19H28N4O3. The number of hydrogen-bond acceptors (Lipinski definition) is 4. The van der Waals surface area contributed by atoms with Crippen LogP contribution in [0.2, 0.25) is 0 Å². The van der Waals surface area contributed by atoms with Crippen molar-refractivity contribution >= 4 is 17.6 Å². The molecule has 2 aliphatic heterocycles. The smallest absolute Gasteiger partial charge is 0.323 e. The largest absolute Gasteiger partial charge is 0.367 e. The highest BCUT2D eigenvalue weighted by molar-refractivity contribution is 5.95. The molecule has 0 saturated carbocycles. The Morgan fingerprint density at radius 2 is 2.00 bits per heavy atom. The monoisotopic (exact) mass is 360 g/mol. The van der Waals surface area contributed by atoms with Crippen molar-refractivity contribution in [3.05, 3.63) is 29.8 Å². The zero-order chi connectivity index (χ0) is 18.9. The number of likely N-dealkylation sites (N-methyl/N-ethyl adjacent to an activating group) is 1. The fourth-order valence-corrected chi connectivity index (χ4v) is 3.76. The van der Waals surface area contributed by atoms with Crippen molar-refractivity contribution in [1.29, 1.82) is 0 Å². The summed E-state index contributed by atoms with van der Waals surface area (Å²) in [6.45, 7) is 2.38. The minimum absolute atomic E-state index is 0.0480. The van der Waals surface area contributed by atoms with Crippen LogP contribution in [0.1, 0.15) is 12.0 Å². The Morgan fingerprint density at radius 1 is 1.27 bits per heavy atom. The van der Waals surface area contributed by atoms with E-state index in [4.69, 9.17) is 4.74 Å². The van der Waals surface area contributed by atoms with E-state index in [0.717, 1.165) is 17.8 Å². The fraction of sp³-hybridized carbons (Fsp3) is 0.579. The second-order valence-corrected chi connectivity index (χ2v) is 7.66. The lowest BCUT2D eigenvalue weighted by atomic mass is 9.80. The van der Waals surface area contributed by atoms with Crippen LogP contribution in [0, 0.1) is 0 Å². The first kappa shape index (κ1) is 18.7. The van der Waals surface area contributed by atoms with Crippen LogP contribution in [0.25, 0.3) is 0 Å². The number of para-hydroxylation sites is 1. The van der Waals surface area contributed by atoms with Crippen LogP contribution in [-0.2, 0) is 14.9 Å². The second kappa shape index (κ2) is 7.25. The molecule has 1 saturated heterocycles. The van der Waals surface area contributed by atoms with Gasteiger partial charge in [-0.15, -0.1) is 0 Å². The zero-order valence-electron chi connectivity index (χ0n) is 16.0. The fourth-order valence-electron chi connectivity index (χ4n) is 3.76. The minimum Gasteiger partial charge on any atom is -0.367 e. The number of carbonyl (C=O) groups is 2. The maximum atomic E-state index is 12.6.